The van der Waals surface area contributed by atoms with Gasteiger partial charge in [-0.2, -0.15) is 5.10 Å². The van der Waals surface area contributed by atoms with Crippen LogP contribution < -0.4 is 15.6 Å². The zero-order valence-electron chi connectivity index (χ0n) is 19.1. The number of likely N-dealkylation sites (N-methyl/N-ethyl adjacent to an activating group) is 1. The molecule has 3 heterocycles. The Balaban J connectivity index is 1.41. The molecule has 5 rings (SSSR count). The van der Waals surface area contributed by atoms with Crippen molar-refractivity contribution in [3.8, 4) is 5.75 Å². The minimum Gasteiger partial charge on any atom is -0.492 e. The molecule has 0 spiro atoms. The maximum Gasteiger partial charge on any atom is 0.272 e. The van der Waals surface area contributed by atoms with Crippen LogP contribution in [0.3, 0.4) is 0 Å². The van der Waals surface area contributed by atoms with Crippen molar-refractivity contribution < 1.29 is 14.3 Å². The average molecular weight is 462 g/mol. The number of hydrogen-bond acceptors (Lipinski definition) is 6. The highest BCUT2D eigenvalue weighted by Gasteiger charge is 2.29. The summed E-state index contributed by atoms with van der Waals surface area (Å²) >= 11 is 0. The van der Waals surface area contributed by atoms with Crippen LogP contribution in [-0.4, -0.2) is 78.2 Å². The molecule has 0 saturated carbocycles. The quantitative estimate of drug-likeness (QED) is 0.586. The number of hydrogen-bond donors (Lipinski definition) is 2. The molecular weight excluding hydrogens is 434 g/mol. The zero-order chi connectivity index (χ0) is 23.7. The first-order chi connectivity index (χ1) is 16.5. The standard InChI is InChI=1S/C25H27N5O4/c1-26-15-22(31)29-7-9-30(10-8-29)25(33)20-13-16(12-17-6-11-34-23(17)20)14-21-18-4-2-3-5-19(18)24(32)28-27-21/h2-5,12-13,26H,6-11,14-15H2,1H3,(H,28,32). The van der Waals surface area contributed by atoms with E-state index in [1.165, 1.54) is 0 Å². The van der Waals surface area contributed by atoms with E-state index in [-0.39, 0.29) is 17.4 Å². The fourth-order valence-corrected chi connectivity index (χ4v) is 4.73. The number of H-pyrrole nitrogens is 1. The van der Waals surface area contributed by atoms with E-state index in [0.29, 0.717) is 62.5 Å². The molecule has 0 bridgehead atoms. The van der Waals surface area contributed by atoms with Crippen LogP contribution in [-0.2, 0) is 17.6 Å². The van der Waals surface area contributed by atoms with Gasteiger partial charge in [-0.15, -0.1) is 0 Å². The Morgan fingerprint density at radius 2 is 1.82 bits per heavy atom. The first kappa shape index (κ1) is 22.1. The Morgan fingerprint density at radius 3 is 2.59 bits per heavy atom. The number of carbonyl (C=O) groups is 2. The molecule has 1 fully saturated rings. The number of rotatable bonds is 5. The second-order valence-electron chi connectivity index (χ2n) is 8.66. The van der Waals surface area contributed by atoms with E-state index < -0.39 is 0 Å². The van der Waals surface area contributed by atoms with Crippen molar-refractivity contribution in [2.45, 2.75) is 12.8 Å². The maximum atomic E-state index is 13.5. The van der Waals surface area contributed by atoms with Crippen LogP contribution in [0.5, 0.6) is 5.75 Å². The highest BCUT2D eigenvalue weighted by molar-refractivity contribution is 5.98. The molecule has 0 radical (unpaired) electrons. The molecule has 2 amide bonds. The number of piperazine rings is 1. The highest BCUT2D eigenvalue weighted by Crippen LogP contribution is 2.33. The topological polar surface area (TPSA) is 108 Å². The molecule has 2 aliphatic rings. The van der Waals surface area contributed by atoms with Gasteiger partial charge in [0.15, 0.2) is 0 Å². The number of carbonyl (C=O) groups excluding carboxylic acids is 2. The van der Waals surface area contributed by atoms with Gasteiger partial charge >= 0.3 is 0 Å². The summed E-state index contributed by atoms with van der Waals surface area (Å²) in [7, 11) is 1.75. The summed E-state index contributed by atoms with van der Waals surface area (Å²) in [5.74, 6) is 0.614. The molecular formula is C25H27N5O4. The minimum atomic E-state index is -0.218. The van der Waals surface area contributed by atoms with E-state index in [1.807, 2.05) is 24.3 Å². The lowest BCUT2D eigenvalue weighted by Gasteiger charge is -2.35. The van der Waals surface area contributed by atoms with Crippen molar-refractivity contribution >= 4 is 22.6 Å². The summed E-state index contributed by atoms with van der Waals surface area (Å²) in [4.78, 5) is 41.3. The lowest BCUT2D eigenvalue weighted by molar-refractivity contribution is -0.131. The Hall–Kier alpha value is -3.72. The number of nitrogens with zero attached hydrogens (tertiary/aromatic N) is 3. The first-order valence-corrected chi connectivity index (χ1v) is 11.5. The van der Waals surface area contributed by atoms with Crippen LogP contribution in [0.2, 0.25) is 0 Å². The summed E-state index contributed by atoms with van der Waals surface area (Å²) in [5.41, 5.74) is 3.04. The Labute approximate surface area is 196 Å². The van der Waals surface area contributed by atoms with E-state index in [9.17, 15) is 14.4 Å². The van der Waals surface area contributed by atoms with E-state index in [0.717, 1.165) is 28.6 Å². The number of aromatic amines is 1. The van der Waals surface area contributed by atoms with Crippen LogP contribution in [0.15, 0.2) is 41.2 Å². The van der Waals surface area contributed by atoms with Gasteiger partial charge < -0.3 is 19.9 Å². The monoisotopic (exact) mass is 461 g/mol. The lowest BCUT2D eigenvalue weighted by Crippen LogP contribution is -2.52. The molecule has 0 atom stereocenters. The first-order valence-electron chi connectivity index (χ1n) is 11.5. The van der Waals surface area contributed by atoms with Gasteiger partial charge in [0.25, 0.3) is 11.5 Å². The SMILES string of the molecule is CNCC(=O)N1CCN(C(=O)c2cc(Cc3n[nH]c(=O)c4ccccc34)cc3c2OCC3)CC1. The number of aromatic nitrogens is 2. The summed E-state index contributed by atoms with van der Waals surface area (Å²) in [6, 6.07) is 11.3. The van der Waals surface area contributed by atoms with E-state index in [1.54, 1.807) is 22.9 Å². The van der Waals surface area contributed by atoms with Crippen molar-refractivity contribution in [1.82, 2.24) is 25.3 Å². The molecule has 1 saturated heterocycles. The molecule has 0 aliphatic carbocycles. The van der Waals surface area contributed by atoms with E-state index in [2.05, 4.69) is 21.6 Å². The number of fused-ring (bicyclic) bond motifs is 2. The van der Waals surface area contributed by atoms with Crippen molar-refractivity contribution in [3.05, 3.63) is 69.1 Å². The maximum absolute atomic E-state index is 13.5. The van der Waals surface area contributed by atoms with Crippen molar-refractivity contribution in [3.63, 3.8) is 0 Å². The van der Waals surface area contributed by atoms with Crippen molar-refractivity contribution in [2.24, 2.45) is 0 Å². The fourth-order valence-electron chi connectivity index (χ4n) is 4.73. The van der Waals surface area contributed by atoms with Crippen molar-refractivity contribution in [2.75, 3.05) is 46.4 Å². The van der Waals surface area contributed by atoms with Gasteiger partial charge in [0.1, 0.15) is 5.75 Å². The molecule has 2 N–H and O–H groups in total. The van der Waals surface area contributed by atoms with Gasteiger partial charge in [-0.05, 0) is 30.3 Å². The van der Waals surface area contributed by atoms with Gasteiger partial charge in [-0.3, -0.25) is 14.4 Å². The second-order valence-corrected chi connectivity index (χ2v) is 8.66. The summed E-state index contributed by atoms with van der Waals surface area (Å²) < 4.78 is 5.84. The number of ether oxygens (including phenoxy) is 1. The van der Waals surface area contributed by atoms with Crippen LogP contribution in [0, 0.1) is 0 Å². The number of nitrogens with one attached hydrogen (secondary N) is 2. The highest BCUT2D eigenvalue weighted by atomic mass is 16.5. The second kappa shape index (κ2) is 9.26. The van der Waals surface area contributed by atoms with Gasteiger partial charge in [0.05, 0.1) is 29.8 Å². The summed E-state index contributed by atoms with van der Waals surface area (Å²) in [6.45, 7) is 2.85. The van der Waals surface area contributed by atoms with E-state index >= 15 is 0 Å². The van der Waals surface area contributed by atoms with Crippen LogP contribution in [0.25, 0.3) is 10.8 Å². The van der Waals surface area contributed by atoms with Gasteiger partial charge in [0.2, 0.25) is 5.91 Å². The normalized spacial score (nSPS) is 15.3. The Morgan fingerprint density at radius 1 is 1.09 bits per heavy atom. The molecule has 9 nitrogen and oxygen atoms in total. The predicted octanol–water partition coefficient (Wildman–Crippen LogP) is 0.953. The molecule has 3 aromatic rings. The minimum absolute atomic E-state index is 0.0430. The van der Waals surface area contributed by atoms with Gasteiger partial charge in [-0.1, -0.05) is 24.3 Å². The zero-order valence-corrected chi connectivity index (χ0v) is 19.1. The number of amides is 2. The van der Waals surface area contributed by atoms with Gasteiger partial charge in [-0.25, -0.2) is 5.10 Å². The molecule has 176 valence electrons. The van der Waals surface area contributed by atoms with Crippen LogP contribution >= 0.6 is 0 Å². The summed E-state index contributed by atoms with van der Waals surface area (Å²) in [6.07, 6.45) is 1.23. The fraction of sp³-hybridized carbons (Fsp3) is 0.360. The molecule has 2 aliphatic heterocycles. The smallest absolute Gasteiger partial charge is 0.272 e. The molecule has 2 aromatic carbocycles. The average Bonchev–Trinajstić information content (AvgIpc) is 3.34. The molecule has 34 heavy (non-hydrogen) atoms. The van der Waals surface area contributed by atoms with E-state index in [4.69, 9.17) is 4.74 Å². The largest absolute Gasteiger partial charge is 0.492 e. The third kappa shape index (κ3) is 4.14. The molecule has 9 heteroatoms. The predicted molar refractivity (Wildman–Crippen MR) is 127 cm³/mol. The Kier molecular flexibility index (Phi) is 6.02. The lowest BCUT2D eigenvalue weighted by atomic mass is 9.98. The molecule has 0 unspecified atom stereocenters. The summed E-state index contributed by atoms with van der Waals surface area (Å²) in [5, 5.41) is 11.2. The molecule has 1 aromatic heterocycles. The van der Waals surface area contributed by atoms with Crippen LogP contribution in [0.1, 0.15) is 27.2 Å². The van der Waals surface area contributed by atoms with Crippen LogP contribution in [0.4, 0.5) is 0 Å². The third-order valence-corrected chi connectivity index (χ3v) is 6.47. The number of benzene rings is 2. The Bertz CT molecular complexity index is 1310. The van der Waals surface area contributed by atoms with Crippen molar-refractivity contribution in [1.29, 1.82) is 0 Å². The van der Waals surface area contributed by atoms with Gasteiger partial charge in [0, 0.05) is 44.4 Å². The third-order valence-electron chi connectivity index (χ3n) is 6.47.